The number of anilines is 1. The van der Waals surface area contributed by atoms with Crippen molar-refractivity contribution in [2.75, 3.05) is 16.8 Å². The quantitative estimate of drug-likeness (QED) is 0.636. The first kappa shape index (κ1) is 13.3. The van der Waals surface area contributed by atoms with Crippen molar-refractivity contribution in [1.82, 2.24) is 0 Å². The Labute approximate surface area is 115 Å². The van der Waals surface area contributed by atoms with E-state index in [1.54, 1.807) is 11.0 Å². The SMILES string of the molecule is Cc1cccc2c1N(CC(C)(C)CBr)C(=O)C2=O. The smallest absolute Gasteiger partial charge is 0.299 e. The highest BCUT2D eigenvalue weighted by Crippen LogP contribution is 2.34. The molecule has 1 aliphatic heterocycles. The maximum Gasteiger partial charge on any atom is 0.299 e. The Morgan fingerprint density at radius 3 is 2.56 bits per heavy atom. The van der Waals surface area contributed by atoms with Gasteiger partial charge in [-0.05, 0) is 24.0 Å². The zero-order valence-electron chi connectivity index (χ0n) is 10.8. The molecular weight excluding hydrogens is 294 g/mol. The molecule has 0 radical (unpaired) electrons. The number of para-hydroxylation sites is 1. The molecule has 0 atom stereocenters. The van der Waals surface area contributed by atoms with Crippen LogP contribution in [0.4, 0.5) is 5.69 Å². The highest BCUT2D eigenvalue weighted by Gasteiger charge is 2.38. The van der Waals surface area contributed by atoms with Gasteiger partial charge in [-0.2, -0.15) is 0 Å². The van der Waals surface area contributed by atoms with Crippen molar-refractivity contribution in [2.45, 2.75) is 20.8 Å². The molecule has 1 amide bonds. The van der Waals surface area contributed by atoms with E-state index < -0.39 is 5.91 Å². The largest absolute Gasteiger partial charge is 0.304 e. The number of hydrogen-bond donors (Lipinski definition) is 0. The Balaban J connectivity index is 2.46. The molecule has 0 aromatic heterocycles. The van der Waals surface area contributed by atoms with E-state index in [-0.39, 0.29) is 11.2 Å². The van der Waals surface area contributed by atoms with Crippen molar-refractivity contribution in [1.29, 1.82) is 0 Å². The summed E-state index contributed by atoms with van der Waals surface area (Å²) in [4.78, 5) is 25.6. The molecule has 1 aromatic carbocycles. The molecule has 0 bridgehead atoms. The number of hydrogen-bond acceptors (Lipinski definition) is 2. The molecule has 0 aliphatic carbocycles. The third-order valence-corrected chi connectivity index (χ3v) is 4.66. The summed E-state index contributed by atoms with van der Waals surface area (Å²) in [5.41, 5.74) is 2.21. The minimum absolute atomic E-state index is 0.0696. The van der Waals surface area contributed by atoms with E-state index >= 15 is 0 Å². The first-order valence-electron chi connectivity index (χ1n) is 5.89. The molecule has 3 nitrogen and oxygen atoms in total. The van der Waals surface area contributed by atoms with Gasteiger partial charge in [0.1, 0.15) is 0 Å². The minimum Gasteiger partial charge on any atom is -0.304 e. The summed E-state index contributed by atoms with van der Waals surface area (Å²) in [5.74, 6) is -0.799. The van der Waals surface area contributed by atoms with Crippen molar-refractivity contribution in [3.05, 3.63) is 29.3 Å². The number of benzene rings is 1. The number of carbonyl (C=O) groups excluding carboxylic acids is 2. The standard InChI is InChI=1S/C14H16BrNO2/c1-9-5-4-6-10-11(9)16(13(18)12(10)17)8-14(2,3)7-15/h4-6H,7-8H2,1-3H3. The van der Waals surface area contributed by atoms with Crippen molar-refractivity contribution >= 4 is 33.3 Å². The summed E-state index contributed by atoms with van der Waals surface area (Å²) in [7, 11) is 0. The second-order valence-electron chi connectivity index (χ2n) is 5.49. The second-order valence-corrected chi connectivity index (χ2v) is 6.05. The van der Waals surface area contributed by atoms with E-state index in [2.05, 4.69) is 29.8 Å². The van der Waals surface area contributed by atoms with Gasteiger partial charge in [0.15, 0.2) is 0 Å². The Hall–Kier alpha value is -1.16. The lowest BCUT2D eigenvalue weighted by molar-refractivity contribution is -0.114. The molecular formula is C14H16BrNO2. The molecule has 1 aliphatic rings. The summed E-state index contributed by atoms with van der Waals surface area (Å²) < 4.78 is 0. The van der Waals surface area contributed by atoms with Gasteiger partial charge < -0.3 is 4.90 Å². The van der Waals surface area contributed by atoms with Gasteiger partial charge in [-0.3, -0.25) is 9.59 Å². The Morgan fingerprint density at radius 1 is 1.28 bits per heavy atom. The highest BCUT2D eigenvalue weighted by molar-refractivity contribution is 9.09. The Kier molecular flexibility index (Phi) is 3.32. The number of amides is 1. The van der Waals surface area contributed by atoms with Crippen LogP contribution in [0.3, 0.4) is 0 Å². The number of carbonyl (C=O) groups is 2. The van der Waals surface area contributed by atoms with Crippen molar-refractivity contribution in [3.63, 3.8) is 0 Å². The average Bonchev–Trinajstić information content (AvgIpc) is 2.56. The third kappa shape index (κ3) is 2.09. The van der Waals surface area contributed by atoms with Crippen LogP contribution in [0.15, 0.2) is 18.2 Å². The van der Waals surface area contributed by atoms with Gasteiger partial charge in [-0.25, -0.2) is 0 Å². The molecule has 1 heterocycles. The van der Waals surface area contributed by atoms with E-state index in [4.69, 9.17) is 0 Å². The Bertz CT molecular complexity index is 523. The molecule has 0 spiro atoms. The number of rotatable bonds is 3. The van der Waals surface area contributed by atoms with E-state index in [1.165, 1.54) is 0 Å². The monoisotopic (exact) mass is 309 g/mol. The van der Waals surface area contributed by atoms with Crippen LogP contribution in [0.2, 0.25) is 0 Å². The highest BCUT2D eigenvalue weighted by atomic mass is 79.9. The predicted molar refractivity (Wildman–Crippen MR) is 75.4 cm³/mol. The van der Waals surface area contributed by atoms with Crippen LogP contribution < -0.4 is 4.90 Å². The van der Waals surface area contributed by atoms with Crippen LogP contribution in [0.5, 0.6) is 0 Å². The fraction of sp³-hybridized carbons (Fsp3) is 0.429. The van der Waals surface area contributed by atoms with Gasteiger partial charge in [0.2, 0.25) is 0 Å². The third-order valence-electron chi connectivity index (χ3n) is 3.14. The number of Topliss-reactive ketones (excluding diaryl/α,β-unsaturated/α-hetero) is 1. The molecule has 4 heteroatoms. The van der Waals surface area contributed by atoms with E-state index in [9.17, 15) is 9.59 Å². The fourth-order valence-electron chi connectivity index (χ4n) is 2.16. The van der Waals surface area contributed by atoms with Gasteiger partial charge >= 0.3 is 0 Å². The number of alkyl halides is 1. The molecule has 1 aromatic rings. The number of halogens is 1. The number of aryl methyl sites for hydroxylation is 1. The van der Waals surface area contributed by atoms with Crippen LogP contribution in [0, 0.1) is 12.3 Å². The molecule has 0 fully saturated rings. The lowest BCUT2D eigenvalue weighted by atomic mass is 9.95. The second kappa shape index (κ2) is 4.50. The average molecular weight is 310 g/mol. The number of fused-ring (bicyclic) bond motifs is 1. The maximum atomic E-state index is 12.1. The van der Waals surface area contributed by atoms with Gasteiger partial charge in [-0.15, -0.1) is 0 Å². The minimum atomic E-state index is -0.409. The van der Waals surface area contributed by atoms with Gasteiger partial charge in [-0.1, -0.05) is 41.9 Å². The molecule has 0 N–H and O–H groups in total. The first-order chi connectivity index (χ1) is 8.37. The lowest BCUT2D eigenvalue weighted by Crippen LogP contribution is -2.39. The fourth-order valence-corrected chi connectivity index (χ4v) is 2.34. The molecule has 96 valence electrons. The molecule has 0 saturated heterocycles. The van der Waals surface area contributed by atoms with Crippen molar-refractivity contribution in [2.24, 2.45) is 5.41 Å². The number of nitrogens with zero attached hydrogens (tertiary/aromatic N) is 1. The normalized spacial score (nSPS) is 15.2. The lowest BCUT2D eigenvalue weighted by Gasteiger charge is -2.29. The van der Waals surface area contributed by atoms with E-state index in [0.717, 1.165) is 16.6 Å². The van der Waals surface area contributed by atoms with Crippen LogP contribution in [0.1, 0.15) is 29.8 Å². The maximum absolute atomic E-state index is 12.1. The predicted octanol–water partition coefficient (Wildman–Crippen LogP) is 2.95. The van der Waals surface area contributed by atoms with Crippen LogP contribution in [0.25, 0.3) is 0 Å². The number of ketones is 1. The molecule has 0 saturated carbocycles. The van der Waals surface area contributed by atoms with Crippen LogP contribution in [-0.4, -0.2) is 23.6 Å². The summed E-state index contributed by atoms with van der Waals surface area (Å²) in [5, 5.41) is 0.777. The summed E-state index contributed by atoms with van der Waals surface area (Å²) in [6.45, 7) is 6.60. The molecule has 18 heavy (non-hydrogen) atoms. The van der Waals surface area contributed by atoms with Crippen LogP contribution >= 0.6 is 15.9 Å². The molecule has 2 rings (SSSR count). The summed E-state index contributed by atoms with van der Waals surface area (Å²) >= 11 is 3.45. The van der Waals surface area contributed by atoms with Crippen LogP contribution in [-0.2, 0) is 4.79 Å². The van der Waals surface area contributed by atoms with E-state index in [0.29, 0.717) is 12.1 Å². The van der Waals surface area contributed by atoms with Gasteiger partial charge in [0, 0.05) is 11.9 Å². The topological polar surface area (TPSA) is 37.4 Å². The summed E-state index contributed by atoms with van der Waals surface area (Å²) in [6.07, 6.45) is 0. The zero-order valence-corrected chi connectivity index (χ0v) is 12.4. The zero-order chi connectivity index (χ0) is 13.5. The summed E-state index contributed by atoms with van der Waals surface area (Å²) in [6, 6.07) is 5.47. The van der Waals surface area contributed by atoms with Crippen molar-refractivity contribution in [3.8, 4) is 0 Å². The van der Waals surface area contributed by atoms with Gasteiger partial charge in [0.25, 0.3) is 11.7 Å². The Morgan fingerprint density at radius 2 is 1.94 bits per heavy atom. The van der Waals surface area contributed by atoms with E-state index in [1.807, 2.05) is 19.1 Å². The van der Waals surface area contributed by atoms with Gasteiger partial charge in [0.05, 0.1) is 11.3 Å². The molecule has 0 unspecified atom stereocenters. The van der Waals surface area contributed by atoms with Crippen molar-refractivity contribution < 1.29 is 9.59 Å². The first-order valence-corrected chi connectivity index (χ1v) is 7.01.